The number of nitrogens with zero attached hydrogens (tertiary/aromatic N) is 2. The number of hydrogen-bond acceptors (Lipinski definition) is 5. The van der Waals surface area contributed by atoms with E-state index in [0.717, 1.165) is 5.56 Å². The number of nitro benzene ring substituents is 1. The first-order chi connectivity index (χ1) is 11.9. The minimum Gasteiger partial charge on any atom is -0.317 e. The van der Waals surface area contributed by atoms with Crippen molar-refractivity contribution >= 4 is 41.0 Å². The van der Waals surface area contributed by atoms with Crippen molar-refractivity contribution in [2.24, 2.45) is 5.10 Å². The number of aryl methyl sites for hydroxylation is 1. The number of amides is 2. The summed E-state index contributed by atoms with van der Waals surface area (Å²) in [7, 11) is 0. The standard InChI is InChI=1S/C16H13ClN4O4/c1-10-2-5-12(17)8-14(10)19-15(22)16(23)20-18-9-11-3-6-13(7-4-11)21(24)25/h2-9H,1H3,(H,19,22)(H,20,23)/b18-9-. The van der Waals surface area contributed by atoms with Crippen LogP contribution < -0.4 is 10.7 Å². The number of nitrogens with one attached hydrogen (secondary N) is 2. The van der Waals surface area contributed by atoms with Gasteiger partial charge in [0.25, 0.3) is 5.69 Å². The zero-order valence-electron chi connectivity index (χ0n) is 13.0. The number of carbonyl (C=O) groups is 2. The summed E-state index contributed by atoms with van der Waals surface area (Å²) in [6.45, 7) is 1.76. The van der Waals surface area contributed by atoms with Crippen LogP contribution in [0.25, 0.3) is 0 Å². The summed E-state index contributed by atoms with van der Waals surface area (Å²) in [6.07, 6.45) is 1.26. The van der Waals surface area contributed by atoms with Gasteiger partial charge in [0, 0.05) is 22.8 Å². The maximum absolute atomic E-state index is 11.8. The molecule has 0 heterocycles. The minimum absolute atomic E-state index is 0.0579. The van der Waals surface area contributed by atoms with Crippen LogP contribution in [-0.4, -0.2) is 23.0 Å². The largest absolute Gasteiger partial charge is 0.329 e. The molecule has 2 aromatic carbocycles. The number of halogens is 1. The highest BCUT2D eigenvalue weighted by Gasteiger charge is 2.14. The van der Waals surface area contributed by atoms with Crippen LogP contribution in [0.3, 0.4) is 0 Å². The summed E-state index contributed by atoms with van der Waals surface area (Å²) in [5.74, 6) is -1.86. The average Bonchev–Trinajstić information content (AvgIpc) is 2.58. The topological polar surface area (TPSA) is 114 Å². The molecule has 0 aliphatic heterocycles. The van der Waals surface area contributed by atoms with Gasteiger partial charge in [0.1, 0.15) is 0 Å². The molecule has 25 heavy (non-hydrogen) atoms. The molecule has 0 bridgehead atoms. The molecule has 0 saturated carbocycles. The maximum Gasteiger partial charge on any atom is 0.329 e. The molecule has 8 nitrogen and oxygen atoms in total. The van der Waals surface area contributed by atoms with Crippen LogP contribution in [0.1, 0.15) is 11.1 Å². The van der Waals surface area contributed by atoms with Crippen LogP contribution in [0.4, 0.5) is 11.4 Å². The number of benzene rings is 2. The fourth-order valence-corrected chi connectivity index (χ4v) is 1.98. The lowest BCUT2D eigenvalue weighted by atomic mass is 10.2. The van der Waals surface area contributed by atoms with Crippen LogP contribution >= 0.6 is 11.6 Å². The molecule has 0 fully saturated rings. The Morgan fingerprint density at radius 2 is 1.84 bits per heavy atom. The second-order valence-electron chi connectivity index (χ2n) is 4.96. The molecule has 0 saturated heterocycles. The van der Waals surface area contributed by atoms with E-state index in [9.17, 15) is 19.7 Å². The molecule has 2 rings (SSSR count). The number of anilines is 1. The molecule has 2 N–H and O–H groups in total. The Morgan fingerprint density at radius 3 is 2.48 bits per heavy atom. The fraction of sp³-hybridized carbons (Fsp3) is 0.0625. The number of hydrazone groups is 1. The van der Waals surface area contributed by atoms with Gasteiger partial charge in [-0.15, -0.1) is 0 Å². The second-order valence-corrected chi connectivity index (χ2v) is 5.40. The molecule has 0 spiro atoms. The molecule has 2 amide bonds. The fourth-order valence-electron chi connectivity index (χ4n) is 1.81. The summed E-state index contributed by atoms with van der Waals surface area (Å²) >= 11 is 5.84. The number of hydrogen-bond donors (Lipinski definition) is 2. The van der Waals surface area contributed by atoms with Gasteiger partial charge < -0.3 is 5.32 Å². The minimum atomic E-state index is -0.961. The lowest BCUT2D eigenvalue weighted by Crippen LogP contribution is -2.32. The van der Waals surface area contributed by atoms with E-state index in [4.69, 9.17) is 11.6 Å². The van der Waals surface area contributed by atoms with Crippen LogP contribution in [0.15, 0.2) is 47.6 Å². The van der Waals surface area contributed by atoms with E-state index in [-0.39, 0.29) is 5.69 Å². The highest BCUT2D eigenvalue weighted by Crippen LogP contribution is 2.19. The van der Waals surface area contributed by atoms with Crippen LogP contribution in [0, 0.1) is 17.0 Å². The predicted octanol–water partition coefficient (Wildman–Crippen LogP) is 2.65. The molecular formula is C16H13ClN4O4. The summed E-state index contributed by atoms with van der Waals surface area (Å²) in [4.78, 5) is 33.6. The Hall–Kier alpha value is -3.26. The van der Waals surface area contributed by atoms with E-state index in [1.807, 2.05) is 0 Å². The number of carbonyl (C=O) groups excluding carboxylic acids is 2. The van der Waals surface area contributed by atoms with Crippen molar-refractivity contribution in [3.8, 4) is 0 Å². The smallest absolute Gasteiger partial charge is 0.317 e. The molecule has 0 radical (unpaired) electrons. The molecule has 0 unspecified atom stereocenters. The SMILES string of the molecule is Cc1ccc(Cl)cc1NC(=O)C(=O)N/N=C\c1ccc([N+](=O)[O-])cc1. The highest BCUT2D eigenvalue weighted by molar-refractivity contribution is 6.40. The van der Waals surface area contributed by atoms with Gasteiger partial charge >= 0.3 is 11.8 Å². The Morgan fingerprint density at radius 1 is 1.16 bits per heavy atom. The van der Waals surface area contributed by atoms with Gasteiger partial charge in [-0.05, 0) is 42.3 Å². The van der Waals surface area contributed by atoms with Crippen LogP contribution in [0.2, 0.25) is 5.02 Å². The maximum atomic E-state index is 11.8. The third-order valence-corrected chi connectivity index (χ3v) is 3.37. The summed E-state index contributed by atoms with van der Waals surface area (Å²) in [5.41, 5.74) is 3.71. The van der Waals surface area contributed by atoms with Gasteiger partial charge in [0.15, 0.2) is 0 Å². The second kappa shape index (κ2) is 8.02. The van der Waals surface area contributed by atoms with Gasteiger partial charge in [0.2, 0.25) is 0 Å². The van der Waals surface area contributed by atoms with Gasteiger partial charge in [0.05, 0.1) is 11.1 Å². The lowest BCUT2D eigenvalue weighted by molar-refractivity contribution is -0.384. The van der Waals surface area contributed by atoms with Crippen molar-refractivity contribution in [3.05, 3.63) is 68.7 Å². The Bertz CT molecular complexity index is 850. The van der Waals surface area contributed by atoms with Gasteiger partial charge in [-0.2, -0.15) is 5.10 Å². The third-order valence-electron chi connectivity index (χ3n) is 3.14. The Labute approximate surface area is 147 Å². The molecule has 0 aliphatic carbocycles. The molecular weight excluding hydrogens is 348 g/mol. The lowest BCUT2D eigenvalue weighted by Gasteiger charge is -2.07. The van der Waals surface area contributed by atoms with E-state index in [1.165, 1.54) is 36.5 Å². The van der Waals surface area contributed by atoms with Crippen molar-refractivity contribution in [3.63, 3.8) is 0 Å². The van der Waals surface area contributed by atoms with Gasteiger partial charge in [-0.3, -0.25) is 19.7 Å². The van der Waals surface area contributed by atoms with Crippen LogP contribution in [0.5, 0.6) is 0 Å². The third kappa shape index (κ3) is 5.11. The van der Waals surface area contributed by atoms with E-state index in [1.54, 1.807) is 19.1 Å². The first-order valence-corrected chi connectivity index (χ1v) is 7.39. The number of rotatable bonds is 4. The van der Waals surface area contributed by atoms with Crippen molar-refractivity contribution in [1.29, 1.82) is 0 Å². The van der Waals surface area contributed by atoms with E-state index < -0.39 is 16.7 Å². The molecule has 0 atom stereocenters. The van der Waals surface area contributed by atoms with Crippen molar-refractivity contribution in [1.82, 2.24) is 5.43 Å². The Kier molecular flexibility index (Phi) is 5.80. The monoisotopic (exact) mass is 360 g/mol. The number of non-ortho nitro benzene ring substituents is 1. The quantitative estimate of drug-likeness (QED) is 0.377. The zero-order valence-corrected chi connectivity index (χ0v) is 13.8. The van der Waals surface area contributed by atoms with Crippen molar-refractivity contribution in [2.45, 2.75) is 6.92 Å². The first-order valence-electron chi connectivity index (χ1n) is 7.02. The molecule has 0 aromatic heterocycles. The molecule has 0 aliphatic rings. The highest BCUT2D eigenvalue weighted by atomic mass is 35.5. The van der Waals surface area contributed by atoms with E-state index in [0.29, 0.717) is 16.3 Å². The van der Waals surface area contributed by atoms with Gasteiger partial charge in [-0.1, -0.05) is 17.7 Å². The van der Waals surface area contributed by atoms with Crippen molar-refractivity contribution in [2.75, 3.05) is 5.32 Å². The molecule has 9 heteroatoms. The van der Waals surface area contributed by atoms with Crippen molar-refractivity contribution < 1.29 is 14.5 Å². The molecule has 128 valence electrons. The average molecular weight is 361 g/mol. The summed E-state index contributed by atoms with van der Waals surface area (Å²) in [6, 6.07) is 10.4. The summed E-state index contributed by atoms with van der Waals surface area (Å²) in [5, 5.41) is 17.0. The van der Waals surface area contributed by atoms with Crippen LogP contribution in [-0.2, 0) is 9.59 Å². The van der Waals surface area contributed by atoms with E-state index in [2.05, 4.69) is 15.8 Å². The first kappa shape index (κ1) is 18.1. The van der Waals surface area contributed by atoms with Gasteiger partial charge in [-0.25, -0.2) is 5.43 Å². The number of nitro groups is 1. The predicted molar refractivity (Wildman–Crippen MR) is 93.7 cm³/mol. The normalized spacial score (nSPS) is 10.5. The Balaban J connectivity index is 1.93. The summed E-state index contributed by atoms with van der Waals surface area (Å²) < 4.78 is 0. The zero-order chi connectivity index (χ0) is 18.4. The van der Waals surface area contributed by atoms with E-state index >= 15 is 0 Å². The molecule has 2 aromatic rings.